The van der Waals surface area contributed by atoms with Crippen LogP contribution >= 0.6 is 0 Å². The summed E-state index contributed by atoms with van der Waals surface area (Å²) in [5.74, 6) is 0.410. The third-order valence-corrected chi connectivity index (χ3v) is 6.21. The van der Waals surface area contributed by atoms with E-state index < -0.39 is 5.82 Å². The first-order valence-electron chi connectivity index (χ1n) is 9.75. The Morgan fingerprint density at radius 2 is 1.97 bits per heavy atom. The van der Waals surface area contributed by atoms with Crippen molar-refractivity contribution in [2.75, 3.05) is 11.9 Å². The zero-order valence-corrected chi connectivity index (χ0v) is 15.7. The van der Waals surface area contributed by atoms with Crippen LogP contribution in [-0.4, -0.2) is 26.9 Å². The summed E-state index contributed by atoms with van der Waals surface area (Å²) in [4.78, 5) is 15.8. The van der Waals surface area contributed by atoms with Gasteiger partial charge in [-0.3, -0.25) is 4.79 Å². The van der Waals surface area contributed by atoms with E-state index in [1.54, 1.807) is 17.7 Å². The second-order valence-electron chi connectivity index (χ2n) is 8.06. The number of anilines is 1. The van der Waals surface area contributed by atoms with Crippen LogP contribution in [0.5, 0.6) is 0 Å². The third kappa shape index (κ3) is 2.30. The minimum absolute atomic E-state index is 0.246. The van der Waals surface area contributed by atoms with Gasteiger partial charge in [-0.05, 0) is 49.1 Å². The molecule has 0 radical (unpaired) electrons. The molecule has 1 aliphatic heterocycles. The van der Waals surface area contributed by atoms with Gasteiger partial charge < -0.3 is 14.5 Å². The molecule has 1 unspecified atom stereocenters. The van der Waals surface area contributed by atoms with Crippen LogP contribution in [-0.2, 0) is 7.05 Å². The molecule has 1 aliphatic carbocycles. The molecule has 5 nitrogen and oxygen atoms in total. The van der Waals surface area contributed by atoms with E-state index in [1.165, 1.54) is 31.0 Å². The maximum atomic E-state index is 14.7. The maximum absolute atomic E-state index is 14.7. The van der Waals surface area contributed by atoms with E-state index in [-0.39, 0.29) is 17.4 Å². The summed E-state index contributed by atoms with van der Waals surface area (Å²) in [6.45, 7) is 0.728. The molecule has 29 heavy (non-hydrogen) atoms. The number of hydrogen-bond donors (Lipinski definition) is 1. The van der Waals surface area contributed by atoms with Crippen LogP contribution < -0.4 is 5.32 Å². The van der Waals surface area contributed by atoms with E-state index in [0.29, 0.717) is 29.1 Å². The molecule has 2 aromatic carbocycles. The van der Waals surface area contributed by atoms with Crippen LogP contribution in [0, 0.1) is 17.6 Å². The molecule has 0 amide bonds. The lowest BCUT2D eigenvalue weighted by Crippen LogP contribution is -2.26. The van der Waals surface area contributed by atoms with E-state index >= 15 is 0 Å². The van der Waals surface area contributed by atoms with Gasteiger partial charge in [0.1, 0.15) is 23.4 Å². The molecule has 7 heteroatoms. The summed E-state index contributed by atoms with van der Waals surface area (Å²) >= 11 is 0. The fraction of sp³-hybridized carbons (Fsp3) is 0.273. The molecule has 2 aromatic heterocycles. The zero-order chi connectivity index (χ0) is 19.9. The Hall–Kier alpha value is -3.22. The normalized spacial score (nSPS) is 18.4. The van der Waals surface area contributed by atoms with Gasteiger partial charge in [0, 0.05) is 24.5 Å². The summed E-state index contributed by atoms with van der Waals surface area (Å²) in [7, 11) is 1.77. The molecule has 1 saturated carbocycles. The predicted octanol–water partition coefficient (Wildman–Crippen LogP) is 4.66. The first kappa shape index (κ1) is 16.7. The predicted molar refractivity (Wildman–Crippen MR) is 107 cm³/mol. The molecule has 3 heterocycles. The Morgan fingerprint density at radius 1 is 1.14 bits per heavy atom. The number of halogens is 2. The lowest BCUT2D eigenvalue weighted by atomic mass is 10.1. The molecule has 1 N–H and O–H groups in total. The smallest absolute Gasteiger partial charge is 0.157 e. The van der Waals surface area contributed by atoms with Gasteiger partial charge in [-0.25, -0.2) is 13.8 Å². The van der Waals surface area contributed by atoms with Gasteiger partial charge in [-0.1, -0.05) is 0 Å². The third-order valence-electron chi connectivity index (χ3n) is 6.21. The Labute approximate surface area is 164 Å². The molecule has 6 rings (SSSR count). The van der Waals surface area contributed by atoms with Gasteiger partial charge in [0.25, 0.3) is 0 Å². The van der Waals surface area contributed by atoms with Crippen molar-refractivity contribution in [2.24, 2.45) is 13.0 Å². The van der Waals surface area contributed by atoms with Crippen molar-refractivity contribution >= 4 is 33.9 Å². The lowest BCUT2D eigenvalue weighted by Gasteiger charge is -2.29. The Bertz CT molecular complexity index is 1330. The number of hydrogen-bond acceptors (Lipinski definition) is 3. The number of fused-ring (bicyclic) bond motifs is 1. The average Bonchev–Trinajstić information content (AvgIpc) is 3.39. The van der Waals surface area contributed by atoms with E-state index in [0.717, 1.165) is 28.8 Å². The number of carbonyl (C=O) groups excluding carboxylic acids is 1. The molecule has 0 saturated heterocycles. The minimum atomic E-state index is -0.479. The van der Waals surface area contributed by atoms with Crippen LogP contribution in [0.25, 0.3) is 33.5 Å². The van der Waals surface area contributed by atoms with E-state index in [9.17, 15) is 13.6 Å². The summed E-state index contributed by atoms with van der Waals surface area (Å²) in [6, 6.07) is 8.06. The van der Waals surface area contributed by atoms with Crippen LogP contribution in [0.3, 0.4) is 0 Å². The highest BCUT2D eigenvalue weighted by molar-refractivity contribution is 5.97. The van der Waals surface area contributed by atoms with Gasteiger partial charge in [0.15, 0.2) is 5.82 Å². The quantitative estimate of drug-likeness (QED) is 0.516. The fourth-order valence-electron chi connectivity index (χ4n) is 4.77. The van der Waals surface area contributed by atoms with Crippen LogP contribution in [0.15, 0.2) is 30.3 Å². The highest BCUT2D eigenvalue weighted by Crippen LogP contribution is 2.47. The van der Waals surface area contributed by atoms with Crippen molar-refractivity contribution in [1.29, 1.82) is 0 Å². The highest BCUT2D eigenvalue weighted by Gasteiger charge is 2.37. The Morgan fingerprint density at radius 3 is 2.72 bits per heavy atom. The lowest BCUT2D eigenvalue weighted by molar-refractivity contribution is 0.112. The van der Waals surface area contributed by atoms with Crippen molar-refractivity contribution in [2.45, 2.75) is 18.9 Å². The van der Waals surface area contributed by atoms with Crippen molar-refractivity contribution in [3.05, 3.63) is 47.5 Å². The van der Waals surface area contributed by atoms with Crippen molar-refractivity contribution in [3.63, 3.8) is 0 Å². The molecular formula is C22H18F2N4O. The number of rotatable bonds is 3. The molecule has 1 fully saturated rings. The number of imidazole rings is 1. The number of benzene rings is 2. The molecule has 4 aromatic rings. The number of nitrogens with zero attached hydrogens (tertiary/aromatic N) is 3. The largest absolute Gasteiger partial charge is 0.381 e. The minimum Gasteiger partial charge on any atom is -0.381 e. The first-order chi connectivity index (χ1) is 14.0. The summed E-state index contributed by atoms with van der Waals surface area (Å²) in [5.41, 5.74) is 3.63. The number of aldehydes is 1. The van der Waals surface area contributed by atoms with Gasteiger partial charge in [-0.2, -0.15) is 0 Å². The first-order valence-corrected chi connectivity index (χ1v) is 9.75. The van der Waals surface area contributed by atoms with Gasteiger partial charge in [-0.15, -0.1) is 0 Å². The second-order valence-corrected chi connectivity index (χ2v) is 8.06. The number of aromatic nitrogens is 3. The Kier molecular flexibility index (Phi) is 3.26. The summed E-state index contributed by atoms with van der Waals surface area (Å²) in [5, 5.41) is 4.18. The number of carbonyl (C=O) groups is 1. The summed E-state index contributed by atoms with van der Waals surface area (Å²) < 4.78 is 32.8. The monoisotopic (exact) mass is 392 g/mol. The highest BCUT2D eigenvalue weighted by atomic mass is 19.1. The van der Waals surface area contributed by atoms with Crippen molar-refractivity contribution in [1.82, 2.24) is 14.1 Å². The Balaban J connectivity index is 1.68. The maximum Gasteiger partial charge on any atom is 0.157 e. The standard InChI is InChI=1S/C22H18F2N4O/c1-27-21-15(24)4-11(10-29)5-17(21)26-22(27)18-7-13-6-14(23)8-16-20(13)28(18)19(9-25-16)12-2-3-12/h4-8,10,12,19,25H,2-3,9H2,1H3. The van der Waals surface area contributed by atoms with Gasteiger partial charge in [0.05, 0.1) is 28.5 Å². The number of nitrogens with one attached hydrogen (secondary N) is 1. The molecule has 1 atom stereocenters. The molecule has 2 aliphatic rings. The number of aryl methyl sites for hydroxylation is 1. The van der Waals surface area contributed by atoms with Gasteiger partial charge in [0.2, 0.25) is 0 Å². The fourth-order valence-corrected chi connectivity index (χ4v) is 4.77. The van der Waals surface area contributed by atoms with Crippen LogP contribution in [0.1, 0.15) is 29.2 Å². The van der Waals surface area contributed by atoms with E-state index in [1.807, 2.05) is 6.07 Å². The van der Waals surface area contributed by atoms with Gasteiger partial charge >= 0.3 is 0 Å². The summed E-state index contributed by atoms with van der Waals surface area (Å²) in [6.07, 6.45) is 2.96. The topological polar surface area (TPSA) is 51.9 Å². The van der Waals surface area contributed by atoms with Crippen molar-refractivity contribution < 1.29 is 13.6 Å². The SMILES string of the molecule is Cn1c(-c2cc3cc(F)cc4c3n2C(C2CC2)CN4)nc2cc(C=O)cc(F)c21. The second kappa shape index (κ2) is 5.65. The molecule has 146 valence electrons. The van der Waals surface area contributed by atoms with Crippen molar-refractivity contribution in [3.8, 4) is 11.5 Å². The molecule has 0 spiro atoms. The van der Waals surface area contributed by atoms with Crippen LogP contribution in [0.4, 0.5) is 14.5 Å². The molecule has 0 bridgehead atoms. The van der Waals surface area contributed by atoms with E-state index in [4.69, 9.17) is 0 Å². The molecular weight excluding hydrogens is 374 g/mol. The average molecular weight is 392 g/mol. The van der Waals surface area contributed by atoms with E-state index in [2.05, 4.69) is 14.9 Å². The zero-order valence-electron chi connectivity index (χ0n) is 15.7. The van der Waals surface area contributed by atoms with Crippen LogP contribution in [0.2, 0.25) is 0 Å².